The van der Waals surface area contributed by atoms with Gasteiger partial charge in [0.25, 0.3) is 0 Å². The van der Waals surface area contributed by atoms with Crippen molar-refractivity contribution in [1.82, 2.24) is 9.97 Å². The number of thiophene rings is 1. The average molecular weight is 387 g/mol. The van der Waals surface area contributed by atoms with Crippen molar-refractivity contribution in [2.45, 2.75) is 18.9 Å². The van der Waals surface area contributed by atoms with Crippen molar-refractivity contribution in [3.05, 3.63) is 47.1 Å². The predicted molar refractivity (Wildman–Crippen MR) is 104 cm³/mol. The minimum absolute atomic E-state index is 0.158. The van der Waals surface area contributed by atoms with E-state index in [1.807, 2.05) is 31.2 Å². The molecule has 0 saturated heterocycles. The van der Waals surface area contributed by atoms with Crippen LogP contribution in [0.1, 0.15) is 22.2 Å². The molecular weight excluding hydrogens is 370 g/mol. The van der Waals surface area contributed by atoms with Crippen molar-refractivity contribution >= 4 is 50.9 Å². The summed E-state index contributed by atoms with van der Waals surface area (Å²) in [5.74, 6) is -0.307. The Morgan fingerprint density at radius 3 is 2.88 bits per heavy atom. The largest absolute Gasteiger partial charge is 0.462 e. The van der Waals surface area contributed by atoms with Crippen LogP contribution in [0.2, 0.25) is 0 Å². The second-order valence-electron chi connectivity index (χ2n) is 5.38. The molecule has 0 atom stereocenters. The Hall–Kier alpha value is -2.45. The van der Waals surface area contributed by atoms with Crippen molar-refractivity contribution in [3.63, 3.8) is 0 Å². The SMILES string of the molecule is CCOC(=O)c1sc(NC(=O)CSc2ncnc3ccccc23)cc1C. The first kappa shape index (κ1) is 18.3. The molecule has 134 valence electrons. The third kappa shape index (κ3) is 4.20. The Labute approximate surface area is 159 Å². The predicted octanol–water partition coefficient (Wildman–Crippen LogP) is 3.91. The monoisotopic (exact) mass is 387 g/mol. The number of nitrogens with one attached hydrogen (secondary N) is 1. The number of carbonyl (C=O) groups is 2. The maximum absolute atomic E-state index is 12.3. The van der Waals surface area contributed by atoms with E-state index >= 15 is 0 Å². The summed E-state index contributed by atoms with van der Waals surface area (Å²) in [6.07, 6.45) is 1.50. The van der Waals surface area contributed by atoms with E-state index in [2.05, 4.69) is 15.3 Å². The number of aromatic nitrogens is 2. The zero-order chi connectivity index (χ0) is 18.5. The van der Waals surface area contributed by atoms with Crippen LogP contribution in [0.4, 0.5) is 5.00 Å². The smallest absolute Gasteiger partial charge is 0.348 e. The van der Waals surface area contributed by atoms with E-state index in [0.29, 0.717) is 16.5 Å². The molecule has 0 saturated carbocycles. The average Bonchev–Trinajstić information content (AvgIpc) is 3.00. The molecule has 0 spiro atoms. The molecule has 0 bridgehead atoms. The number of carbonyl (C=O) groups excluding carboxylic acids is 2. The maximum Gasteiger partial charge on any atom is 0.348 e. The number of fused-ring (bicyclic) bond motifs is 1. The molecule has 1 amide bonds. The van der Waals surface area contributed by atoms with Gasteiger partial charge in [0.15, 0.2) is 0 Å². The minimum atomic E-state index is -0.364. The number of hydrogen-bond acceptors (Lipinski definition) is 7. The molecule has 0 radical (unpaired) electrons. The van der Waals surface area contributed by atoms with Crippen molar-refractivity contribution in [2.24, 2.45) is 0 Å². The first-order valence-electron chi connectivity index (χ1n) is 7.98. The Bertz CT molecular complexity index is 951. The first-order chi connectivity index (χ1) is 12.6. The van der Waals surface area contributed by atoms with Gasteiger partial charge in [0.05, 0.1) is 22.9 Å². The molecule has 1 N–H and O–H groups in total. The zero-order valence-electron chi connectivity index (χ0n) is 14.3. The number of rotatable bonds is 6. The lowest BCUT2D eigenvalue weighted by Gasteiger charge is -2.05. The standard InChI is InChI=1S/C18H17N3O3S2/c1-3-24-18(23)16-11(2)8-15(26-16)21-14(22)9-25-17-12-6-4-5-7-13(12)19-10-20-17/h4-8,10H,3,9H2,1-2H3,(H,21,22). The lowest BCUT2D eigenvalue weighted by atomic mass is 10.2. The second kappa shape index (κ2) is 8.29. The van der Waals surface area contributed by atoms with Gasteiger partial charge in [-0.25, -0.2) is 14.8 Å². The van der Waals surface area contributed by atoms with Gasteiger partial charge in [-0.3, -0.25) is 4.79 Å². The van der Waals surface area contributed by atoms with Gasteiger partial charge in [-0.15, -0.1) is 11.3 Å². The van der Waals surface area contributed by atoms with Crippen LogP contribution in [0.5, 0.6) is 0 Å². The minimum Gasteiger partial charge on any atom is -0.462 e. The molecule has 0 aliphatic heterocycles. The number of aryl methyl sites for hydroxylation is 1. The Morgan fingerprint density at radius 2 is 2.08 bits per heavy atom. The molecule has 0 aliphatic carbocycles. The fraction of sp³-hybridized carbons (Fsp3) is 0.222. The summed E-state index contributed by atoms with van der Waals surface area (Å²) in [6, 6.07) is 9.45. The van der Waals surface area contributed by atoms with Gasteiger partial charge < -0.3 is 10.1 Å². The van der Waals surface area contributed by atoms with Crippen molar-refractivity contribution in [2.75, 3.05) is 17.7 Å². The van der Waals surface area contributed by atoms with Gasteiger partial charge >= 0.3 is 5.97 Å². The van der Waals surface area contributed by atoms with Crippen LogP contribution in [-0.4, -0.2) is 34.2 Å². The molecule has 0 aliphatic rings. The number of hydrogen-bond donors (Lipinski definition) is 1. The first-order valence-corrected chi connectivity index (χ1v) is 9.78. The summed E-state index contributed by atoms with van der Waals surface area (Å²) in [6.45, 7) is 3.90. The molecule has 2 aromatic heterocycles. The molecule has 1 aromatic carbocycles. The van der Waals surface area contributed by atoms with Crippen LogP contribution in [0, 0.1) is 6.92 Å². The van der Waals surface area contributed by atoms with Gasteiger partial charge in [-0.1, -0.05) is 30.0 Å². The normalized spacial score (nSPS) is 10.7. The number of ether oxygens (including phenoxy) is 1. The van der Waals surface area contributed by atoms with Crippen LogP contribution in [-0.2, 0) is 9.53 Å². The van der Waals surface area contributed by atoms with Crippen molar-refractivity contribution < 1.29 is 14.3 Å². The number of nitrogens with zero attached hydrogens (tertiary/aromatic N) is 2. The Morgan fingerprint density at radius 1 is 1.27 bits per heavy atom. The highest BCUT2D eigenvalue weighted by molar-refractivity contribution is 8.00. The molecule has 26 heavy (non-hydrogen) atoms. The third-order valence-electron chi connectivity index (χ3n) is 3.49. The summed E-state index contributed by atoms with van der Waals surface area (Å²) in [5.41, 5.74) is 1.64. The molecule has 6 nitrogen and oxygen atoms in total. The number of anilines is 1. The van der Waals surface area contributed by atoms with Gasteiger partial charge in [0.2, 0.25) is 5.91 Å². The number of para-hydroxylation sites is 1. The summed E-state index contributed by atoms with van der Waals surface area (Å²) in [7, 11) is 0. The van der Waals surface area contributed by atoms with Gasteiger partial charge in [-0.05, 0) is 31.5 Å². The Balaban J connectivity index is 1.64. The molecule has 3 aromatic rings. The third-order valence-corrected chi connectivity index (χ3v) is 5.63. The zero-order valence-corrected chi connectivity index (χ0v) is 15.9. The molecule has 0 fully saturated rings. The highest BCUT2D eigenvalue weighted by Gasteiger charge is 2.16. The quantitative estimate of drug-likeness (QED) is 0.392. The van der Waals surface area contributed by atoms with Gasteiger partial charge in [0, 0.05) is 5.39 Å². The summed E-state index contributed by atoms with van der Waals surface area (Å²) >= 11 is 2.57. The molecule has 8 heteroatoms. The molecule has 2 heterocycles. The molecule has 0 unspecified atom stereocenters. The number of amides is 1. The number of benzene rings is 1. The highest BCUT2D eigenvalue weighted by atomic mass is 32.2. The fourth-order valence-corrected chi connectivity index (χ4v) is 4.12. The fourth-order valence-electron chi connectivity index (χ4n) is 2.35. The molecule has 3 rings (SSSR count). The highest BCUT2D eigenvalue weighted by Crippen LogP contribution is 2.28. The van der Waals surface area contributed by atoms with Gasteiger partial charge in [0.1, 0.15) is 16.2 Å². The van der Waals surface area contributed by atoms with E-state index in [1.165, 1.54) is 29.4 Å². The van der Waals surface area contributed by atoms with Crippen molar-refractivity contribution in [1.29, 1.82) is 0 Å². The van der Waals surface area contributed by atoms with Crippen LogP contribution >= 0.6 is 23.1 Å². The number of esters is 1. The van der Waals surface area contributed by atoms with Crippen LogP contribution in [0.25, 0.3) is 10.9 Å². The van der Waals surface area contributed by atoms with Gasteiger partial charge in [-0.2, -0.15) is 0 Å². The second-order valence-corrected chi connectivity index (χ2v) is 7.39. The van der Waals surface area contributed by atoms with E-state index < -0.39 is 0 Å². The van der Waals surface area contributed by atoms with E-state index in [9.17, 15) is 9.59 Å². The Kier molecular flexibility index (Phi) is 5.85. The van der Waals surface area contributed by atoms with E-state index in [1.54, 1.807) is 13.0 Å². The van der Waals surface area contributed by atoms with E-state index in [4.69, 9.17) is 4.74 Å². The lowest BCUT2D eigenvalue weighted by Crippen LogP contribution is -2.13. The van der Waals surface area contributed by atoms with Crippen LogP contribution < -0.4 is 5.32 Å². The summed E-state index contributed by atoms with van der Waals surface area (Å²) < 4.78 is 5.01. The summed E-state index contributed by atoms with van der Waals surface area (Å²) in [4.78, 5) is 33.1. The molecular formula is C18H17N3O3S2. The summed E-state index contributed by atoms with van der Waals surface area (Å²) in [5, 5.41) is 5.14. The maximum atomic E-state index is 12.3. The van der Waals surface area contributed by atoms with Crippen molar-refractivity contribution in [3.8, 4) is 0 Å². The van der Waals surface area contributed by atoms with Crippen LogP contribution in [0.3, 0.4) is 0 Å². The van der Waals surface area contributed by atoms with E-state index in [0.717, 1.165) is 21.5 Å². The van der Waals surface area contributed by atoms with E-state index in [-0.39, 0.29) is 17.6 Å². The topological polar surface area (TPSA) is 81.2 Å². The van der Waals surface area contributed by atoms with Crippen LogP contribution in [0.15, 0.2) is 41.7 Å². The number of thioether (sulfide) groups is 1. The lowest BCUT2D eigenvalue weighted by molar-refractivity contribution is -0.113.